The van der Waals surface area contributed by atoms with Gasteiger partial charge < -0.3 is 9.47 Å². The number of unbranched alkanes of at least 4 members (excludes halogenated alkanes) is 4. The van der Waals surface area contributed by atoms with Crippen molar-refractivity contribution in [2.75, 3.05) is 6.61 Å². The van der Waals surface area contributed by atoms with Crippen molar-refractivity contribution in [2.24, 2.45) is 11.8 Å². The van der Waals surface area contributed by atoms with Gasteiger partial charge in [0, 0.05) is 5.69 Å². The van der Waals surface area contributed by atoms with E-state index in [-0.39, 0.29) is 5.97 Å². The van der Waals surface area contributed by atoms with Crippen LogP contribution in [0.5, 0.6) is 11.5 Å². The number of esters is 1. The molecule has 2 aromatic rings. The minimum absolute atomic E-state index is 0.372. The number of nitrogens with zero attached hydrogens (tertiary/aromatic N) is 1. The van der Waals surface area contributed by atoms with E-state index < -0.39 is 0 Å². The molecule has 0 bridgehead atoms. The summed E-state index contributed by atoms with van der Waals surface area (Å²) in [6, 6.07) is 11.0. The number of ether oxygens (including phenoxy) is 2. The zero-order chi connectivity index (χ0) is 24.0. The van der Waals surface area contributed by atoms with Gasteiger partial charge in [-0.1, -0.05) is 78.1 Å². The van der Waals surface area contributed by atoms with Crippen molar-refractivity contribution in [2.45, 2.75) is 97.3 Å². The second-order valence-electron chi connectivity index (χ2n) is 9.88. The van der Waals surface area contributed by atoms with E-state index >= 15 is 0 Å². The highest BCUT2D eigenvalue weighted by Crippen LogP contribution is 2.34. The van der Waals surface area contributed by atoms with Gasteiger partial charge in [0.15, 0.2) is 0 Å². The minimum atomic E-state index is -0.372. The Balaban J connectivity index is 1.37. The first kappa shape index (κ1) is 26.2. The van der Waals surface area contributed by atoms with Crippen molar-refractivity contribution in [3.05, 3.63) is 53.9 Å². The fourth-order valence-corrected chi connectivity index (χ4v) is 4.86. The summed E-state index contributed by atoms with van der Waals surface area (Å²) < 4.78 is 11.2. The summed E-state index contributed by atoms with van der Waals surface area (Å²) in [6.45, 7) is 5.16. The summed E-state index contributed by atoms with van der Waals surface area (Å²) in [7, 11) is 0. The lowest BCUT2D eigenvalue weighted by atomic mass is 9.78. The van der Waals surface area contributed by atoms with Gasteiger partial charge in [-0.25, -0.2) is 4.79 Å². The molecule has 1 saturated carbocycles. The Morgan fingerprint density at radius 3 is 2.12 bits per heavy atom. The highest BCUT2D eigenvalue weighted by molar-refractivity contribution is 5.91. The molecule has 1 aromatic heterocycles. The summed E-state index contributed by atoms with van der Waals surface area (Å²) in [5.41, 5.74) is 1.59. The molecule has 1 aliphatic carbocycles. The lowest BCUT2D eigenvalue weighted by Crippen LogP contribution is -2.15. The first-order valence-electron chi connectivity index (χ1n) is 13.6. The fourth-order valence-electron chi connectivity index (χ4n) is 4.86. The number of carbonyl (C=O) groups is 1. The van der Waals surface area contributed by atoms with Crippen LogP contribution in [0.4, 0.5) is 0 Å². The lowest BCUT2D eigenvalue weighted by molar-refractivity contribution is 0.0734. The average molecular weight is 466 g/mol. The third kappa shape index (κ3) is 9.12. The molecule has 0 radical (unpaired) electrons. The number of aryl methyl sites for hydroxylation is 1. The topological polar surface area (TPSA) is 48.4 Å². The Labute approximate surface area is 206 Å². The van der Waals surface area contributed by atoms with E-state index in [1.54, 1.807) is 18.3 Å². The van der Waals surface area contributed by atoms with Gasteiger partial charge in [-0.2, -0.15) is 0 Å². The Morgan fingerprint density at radius 1 is 0.824 bits per heavy atom. The molecule has 4 heteroatoms. The van der Waals surface area contributed by atoms with Crippen LogP contribution >= 0.6 is 0 Å². The molecule has 4 nitrogen and oxygen atoms in total. The number of hydrogen-bond acceptors (Lipinski definition) is 4. The smallest absolute Gasteiger partial charge is 0.343 e. The molecule has 0 N–H and O–H groups in total. The molecule has 0 unspecified atom stereocenters. The molecule has 34 heavy (non-hydrogen) atoms. The quantitative estimate of drug-likeness (QED) is 0.208. The third-order valence-electron chi connectivity index (χ3n) is 7.11. The SMILES string of the molecule is CCCCCOc1ccc(C(=O)Oc2ccc(CCC3CCC(CCCCC)CC3)nc2)cc1. The van der Waals surface area contributed by atoms with Crippen molar-refractivity contribution in [3.63, 3.8) is 0 Å². The molecule has 3 rings (SSSR count). The normalized spacial score (nSPS) is 17.9. The van der Waals surface area contributed by atoms with Crippen molar-refractivity contribution < 1.29 is 14.3 Å². The Hall–Kier alpha value is -2.36. The Bertz CT molecular complexity index is 823. The Morgan fingerprint density at radius 2 is 1.47 bits per heavy atom. The van der Waals surface area contributed by atoms with Crippen molar-refractivity contribution in [3.8, 4) is 11.5 Å². The molecular formula is C30H43NO3. The number of benzene rings is 1. The van der Waals surface area contributed by atoms with Crippen molar-refractivity contribution in [1.82, 2.24) is 4.98 Å². The van der Waals surface area contributed by atoms with Crippen molar-refractivity contribution >= 4 is 5.97 Å². The molecule has 0 amide bonds. The third-order valence-corrected chi connectivity index (χ3v) is 7.11. The summed E-state index contributed by atoms with van der Waals surface area (Å²) >= 11 is 0. The first-order valence-corrected chi connectivity index (χ1v) is 13.6. The number of carbonyl (C=O) groups excluding carboxylic acids is 1. The lowest BCUT2D eigenvalue weighted by Gasteiger charge is -2.28. The molecule has 1 heterocycles. The number of pyridine rings is 1. The van der Waals surface area contributed by atoms with Gasteiger partial charge in [-0.05, 0) is 67.5 Å². The van der Waals surface area contributed by atoms with Crippen LogP contribution in [0.3, 0.4) is 0 Å². The monoisotopic (exact) mass is 465 g/mol. The maximum Gasteiger partial charge on any atom is 0.343 e. The molecule has 1 fully saturated rings. The Kier molecular flexibility index (Phi) is 11.4. The highest BCUT2D eigenvalue weighted by Gasteiger charge is 2.20. The maximum absolute atomic E-state index is 12.5. The van der Waals surface area contributed by atoms with Gasteiger partial charge in [0.25, 0.3) is 0 Å². The second-order valence-corrected chi connectivity index (χ2v) is 9.88. The van der Waals surface area contributed by atoms with Gasteiger partial charge in [-0.15, -0.1) is 0 Å². The fraction of sp³-hybridized carbons (Fsp3) is 0.600. The van der Waals surface area contributed by atoms with Gasteiger partial charge in [0.05, 0.1) is 18.4 Å². The van der Waals surface area contributed by atoms with Crippen LogP contribution in [0.25, 0.3) is 0 Å². The van der Waals surface area contributed by atoms with Crippen LogP contribution in [0.1, 0.15) is 107 Å². The minimum Gasteiger partial charge on any atom is -0.494 e. The van der Waals surface area contributed by atoms with Crippen LogP contribution in [-0.2, 0) is 6.42 Å². The van der Waals surface area contributed by atoms with E-state index in [1.807, 2.05) is 24.3 Å². The molecule has 0 atom stereocenters. The van der Waals surface area contributed by atoms with Crippen molar-refractivity contribution in [1.29, 1.82) is 0 Å². The first-order chi connectivity index (χ1) is 16.7. The van der Waals surface area contributed by atoms with Crippen LogP contribution in [0.15, 0.2) is 42.6 Å². The molecule has 1 aliphatic rings. The van der Waals surface area contributed by atoms with Crippen LogP contribution < -0.4 is 9.47 Å². The largest absolute Gasteiger partial charge is 0.494 e. The molecule has 0 aliphatic heterocycles. The van der Waals surface area contributed by atoms with E-state index in [1.165, 1.54) is 64.2 Å². The summed E-state index contributed by atoms with van der Waals surface area (Å²) in [5, 5.41) is 0. The molecule has 0 saturated heterocycles. The predicted octanol–water partition coefficient (Wildman–Crippen LogP) is 8.19. The van der Waals surface area contributed by atoms with Gasteiger partial charge in [-0.3, -0.25) is 4.98 Å². The van der Waals surface area contributed by atoms with E-state index in [4.69, 9.17) is 9.47 Å². The summed E-state index contributed by atoms with van der Waals surface area (Å²) in [5.74, 6) is 2.69. The van der Waals surface area contributed by atoms with E-state index in [2.05, 4.69) is 18.8 Å². The molecule has 0 spiro atoms. The van der Waals surface area contributed by atoms with E-state index in [0.717, 1.165) is 42.5 Å². The summed E-state index contributed by atoms with van der Waals surface area (Å²) in [4.78, 5) is 17.0. The van der Waals surface area contributed by atoms with Gasteiger partial charge >= 0.3 is 5.97 Å². The molecule has 186 valence electrons. The van der Waals surface area contributed by atoms with E-state index in [9.17, 15) is 4.79 Å². The number of aromatic nitrogens is 1. The summed E-state index contributed by atoms with van der Waals surface area (Å²) in [6.07, 6.45) is 18.4. The van der Waals surface area contributed by atoms with Gasteiger partial charge in [0.1, 0.15) is 11.5 Å². The van der Waals surface area contributed by atoms with E-state index in [0.29, 0.717) is 17.9 Å². The van der Waals surface area contributed by atoms with Gasteiger partial charge in [0.2, 0.25) is 0 Å². The van der Waals surface area contributed by atoms with Crippen LogP contribution in [0.2, 0.25) is 0 Å². The molecular weight excluding hydrogens is 422 g/mol. The zero-order valence-corrected chi connectivity index (χ0v) is 21.3. The second kappa shape index (κ2) is 14.8. The highest BCUT2D eigenvalue weighted by atomic mass is 16.5. The zero-order valence-electron chi connectivity index (χ0n) is 21.3. The predicted molar refractivity (Wildman–Crippen MR) is 139 cm³/mol. The van der Waals surface area contributed by atoms with Crippen LogP contribution in [-0.4, -0.2) is 17.6 Å². The number of hydrogen-bond donors (Lipinski definition) is 0. The standard InChI is InChI=1S/C30H43NO3/c1-3-5-7-9-24-10-12-25(13-11-24)14-17-27-18-21-29(23-31-27)34-30(32)26-15-19-28(20-16-26)33-22-8-6-4-2/h15-16,18-21,23-25H,3-14,17,22H2,1-2H3. The maximum atomic E-state index is 12.5. The molecule has 1 aromatic carbocycles. The van der Waals surface area contributed by atoms with Crippen LogP contribution in [0, 0.1) is 11.8 Å². The number of rotatable bonds is 14. The average Bonchev–Trinajstić information content (AvgIpc) is 2.87.